The number of hydrogen-bond acceptors (Lipinski definition) is 3. The van der Waals surface area contributed by atoms with E-state index in [1.165, 1.54) is 4.31 Å². The van der Waals surface area contributed by atoms with Crippen LogP contribution in [0.4, 0.5) is 0 Å². The van der Waals surface area contributed by atoms with Gasteiger partial charge in [0.15, 0.2) is 0 Å². The summed E-state index contributed by atoms with van der Waals surface area (Å²) in [5.41, 5.74) is 0. The molecule has 0 aliphatic carbocycles. The van der Waals surface area contributed by atoms with Gasteiger partial charge in [-0.15, -0.1) is 0 Å². The highest BCUT2D eigenvalue weighted by molar-refractivity contribution is 7.87. The minimum absolute atomic E-state index is 0.511. The summed E-state index contributed by atoms with van der Waals surface area (Å²) < 4.78 is 27.5. The second-order valence-electron chi connectivity index (χ2n) is 4.61. The van der Waals surface area contributed by atoms with E-state index < -0.39 is 10.2 Å². The van der Waals surface area contributed by atoms with Gasteiger partial charge in [0.1, 0.15) is 0 Å². The molecule has 104 valence electrons. The predicted molar refractivity (Wildman–Crippen MR) is 72.2 cm³/mol. The van der Waals surface area contributed by atoms with Crippen molar-refractivity contribution < 1.29 is 8.42 Å². The van der Waals surface area contributed by atoms with Crippen molar-refractivity contribution in [2.45, 2.75) is 33.6 Å². The summed E-state index contributed by atoms with van der Waals surface area (Å²) in [6.07, 6.45) is 1.69. The van der Waals surface area contributed by atoms with Crippen molar-refractivity contribution in [3.8, 4) is 0 Å². The Morgan fingerprint density at radius 2 is 1.88 bits per heavy atom. The first kappa shape index (κ1) is 16.8. The first-order valence-electron chi connectivity index (χ1n) is 6.31. The second kappa shape index (κ2) is 8.85. The minimum Gasteiger partial charge on any atom is -0.317 e. The molecule has 6 heteroatoms. The highest BCUT2D eigenvalue weighted by atomic mass is 32.2. The lowest BCUT2D eigenvalue weighted by Gasteiger charge is -2.18. The maximum absolute atomic E-state index is 11.8. The molecule has 0 saturated heterocycles. The normalized spacial score (nSPS) is 12.6. The summed E-state index contributed by atoms with van der Waals surface area (Å²) in [7, 11) is -1.67. The van der Waals surface area contributed by atoms with E-state index in [-0.39, 0.29) is 0 Å². The van der Waals surface area contributed by atoms with Crippen LogP contribution in [0.15, 0.2) is 0 Å². The van der Waals surface area contributed by atoms with Crippen molar-refractivity contribution >= 4 is 10.2 Å². The van der Waals surface area contributed by atoms with Gasteiger partial charge in [0.05, 0.1) is 0 Å². The van der Waals surface area contributed by atoms with Gasteiger partial charge in [-0.2, -0.15) is 12.7 Å². The van der Waals surface area contributed by atoms with Gasteiger partial charge in [0.25, 0.3) is 10.2 Å². The largest absolute Gasteiger partial charge is 0.317 e. The van der Waals surface area contributed by atoms with Gasteiger partial charge >= 0.3 is 0 Å². The lowest BCUT2D eigenvalue weighted by molar-refractivity contribution is 0.442. The van der Waals surface area contributed by atoms with Crippen molar-refractivity contribution in [2.75, 3.05) is 33.2 Å². The predicted octanol–water partition coefficient (Wildman–Crippen LogP) is 0.798. The topological polar surface area (TPSA) is 61.4 Å². The summed E-state index contributed by atoms with van der Waals surface area (Å²) >= 11 is 0. The third kappa shape index (κ3) is 8.54. The summed E-state index contributed by atoms with van der Waals surface area (Å²) in [6, 6.07) is 0. The van der Waals surface area contributed by atoms with Crippen molar-refractivity contribution in [2.24, 2.45) is 5.92 Å². The fourth-order valence-electron chi connectivity index (χ4n) is 1.31. The van der Waals surface area contributed by atoms with E-state index >= 15 is 0 Å². The molecule has 5 nitrogen and oxygen atoms in total. The van der Waals surface area contributed by atoms with E-state index in [0.717, 1.165) is 25.9 Å². The lowest BCUT2D eigenvalue weighted by atomic mass is 10.1. The van der Waals surface area contributed by atoms with Crippen LogP contribution < -0.4 is 10.0 Å². The molecule has 0 bridgehead atoms. The first-order chi connectivity index (χ1) is 7.90. The van der Waals surface area contributed by atoms with Crippen LogP contribution in [0.1, 0.15) is 33.6 Å². The van der Waals surface area contributed by atoms with Crippen molar-refractivity contribution in [3.05, 3.63) is 0 Å². The van der Waals surface area contributed by atoms with Gasteiger partial charge in [-0.1, -0.05) is 20.8 Å². The fourth-order valence-corrected chi connectivity index (χ4v) is 2.28. The van der Waals surface area contributed by atoms with E-state index in [9.17, 15) is 8.42 Å². The average Bonchev–Trinajstić information content (AvgIpc) is 2.23. The molecule has 2 N–H and O–H groups in total. The molecule has 0 aliphatic heterocycles. The standard InChI is InChI=1S/C11H27N3O2S/c1-5-12-8-6-10-14(4)17(15,16)13-9-7-11(2)3/h11-13H,5-10H2,1-4H3. The fraction of sp³-hybridized carbons (Fsp3) is 1.00. The number of nitrogens with zero attached hydrogens (tertiary/aromatic N) is 1. The smallest absolute Gasteiger partial charge is 0.279 e. The number of nitrogens with one attached hydrogen (secondary N) is 2. The SMILES string of the molecule is CCNCCCN(C)S(=O)(=O)NCCC(C)C. The molecule has 0 rings (SSSR count). The van der Waals surface area contributed by atoms with Gasteiger partial charge in [-0.3, -0.25) is 0 Å². The highest BCUT2D eigenvalue weighted by Gasteiger charge is 2.15. The Balaban J connectivity index is 3.86. The molecule has 0 aromatic heterocycles. The summed E-state index contributed by atoms with van der Waals surface area (Å²) in [5, 5.41) is 3.17. The third-order valence-corrected chi connectivity index (χ3v) is 4.07. The number of rotatable bonds is 10. The van der Waals surface area contributed by atoms with Gasteiger partial charge in [0, 0.05) is 20.1 Å². The van der Waals surface area contributed by atoms with Gasteiger partial charge in [-0.05, 0) is 31.8 Å². The van der Waals surface area contributed by atoms with Gasteiger partial charge < -0.3 is 5.32 Å². The highest BCUT2D eigenvalue weighted by Crippen LogP contribution is 2.00. The Hall–Kier alpha value is -0.170. The Kier molecular flexibility index (Phi) is 8.77. The second-order valence-corrected chi connectivity index (χ2v) is 6.47. The minimum atomic E-state index is -3.29. The molecule has 0 heterocycles. The molecule has 0 aliphatic rings. The van der Waals surface area contributed by atoms with Crippen LogP contribution >= 0.6 is 0 Å². The summed E-state index contributed by atoms with van der Waals surface area (Å²) in [6.45, 7) is 9.02. The quantitative estimate of drug-likeness (QED) is 0.574. The summed E-state index contributed by atoms with van der Waals surface area (Å²) in [4.78, 5) is 0. The Morgan fingerprint density at radius 1 is 1.24 bits per heavy atom. The zero-order chi connectivity index (χ0) is 13.3. The monoisotopic (exact) mass is 265 g/mol. The van der Waals surface area contributed by atoms with Crippen LogP contribution in [0.3, 0.4) is 0 Å². The van der Waals surface area contributed by atoms with E-state index in [0.29, 0.717) is 19.0 Å². The van der Waals surface area contributed by atoms with Crippen molar-refractivity contribution in [1.29, 1.82) is 0 Å². The molecule has 0 spiro atoms. The van der Waals surface area contributed by atoms with E-state index in [1.54, 1.807) is 7.05 Å². The lowest BCUT2D eigenvalue weighted by Crippen LogP contribution is -2.40. The maximum Gasteiger partial charge on any atom is 0.279 e. The van der Waals surface area contributed by atoms with Crippen LogP contribution in [0.5, 0.6) is 0 Å². The van der Waals surface area contributed by atoms with E-state index in [2.05, 4.69) is 23.9 Å². The Morgan fingerprint density at radius 3 is 2.41 bits per heavy atom. The van der Waals surface area contributed by atoms with Crippen LogP contribution in [0.25, 0.3) is 0 Å². The Bertz CT molecular complexity index is 278. The molecule has 0 aromatic rings. The first-order valence-corrected chi connectivity index (χ1v) is 7.75. The van der Waals surface area contributed by atoms with Gasteiger partial charge in [-0.25, -0.2) is 4.72 Å². The summed E-state index contributed by atoms with van der Waals surface area (Å²) in [5.74, 6) is 0.511. The van der Waals surface area contributed by atoms with Crippen LogP contribution in [-0.2, 0) is 10.2 Å². The van der Waals surface area contributed by atoms with Crippen molar-refractivity contribution in [1.82, 2.24) is 14.3 Å². The number of hydrogen-bond donors (Lipinski definition) is 2. The van der Waals surface area contributed by atoms with Crippen molar-refractivity contribution in [3.63, 3.8) is 0 Å². The molecule has 0 radical (unpaired) electrons. The molecule has 0 aromatic carbocycles. The average molecular weight is 265 g/mol. The van der Waals surface area contributed by atoms with Crippen LogP contribution in [0, 0.1) is 5.92 Å². The van der Waals surface area contributed by atoms with Gasteiger partial charge in [0.2, 0.25) is 0 Å². The molecule has 0 fully saturated rings. The molecule has 0 unspecified atom stereocenters. The van der Waals surface area contributed by atoms with E-state index in [1.807, 2.05) is 6.92 Å². The van der Waals surface area contributed by atoms with Crippen LogP contribution in [-0.4, -0.2) is 45.9 Å². The molecule has 0 amide bonds. The maximum atomic E-state index is 11.8. The molecular weight excluding hydrogens is 238 g/mol. The Labute approximate surface area is 106 Å². The van der Waals surface area contributed by atoms with Crippen LogP contribution in [0.2, 0.25) is 0 Å². The molecular formula is C11H27N3O2S. The third-order valence-electron chi connectivity index (χ3n) is 2.49. The zero-order valence-corrected chi connectivity index (χ0v) is 12.3. The zero-order valence-electron chi connectivity index (χ0n) is 11.5. The molecule has 0 atom stereocenters. The molecule has 17 heavy (non-hydrogen) atoms. The molecule has 0 saturated carbocycles. The van der Waals surface area contributed by atoms with E-state index in [4.69, 9.17) is 0 Å².